The summed E-state index contributed by atoms with van der Waals surface area (Å²) in [6, 6.07) is 4.88. The van der Waals surface area contributed by atoms with Crippen molar-refractivity contribution in [3.8, 4) is 0 Å². The summed E-state index contributed by atoms with van der Waals surface area (Å²) in [6.07, 6.45) is -5.11. The van der Waals surface area contributed by atoms with Gasteiger partial charge in [-0.15, -0.1) is 0 Å². The molecule has 2 aromatic heterocycles. The number of pyridine rings is 1. The van der Waals surface area contributed by atoms with Crippen molar-refractivity contribution in [3.63, 3.8) is 0 Å². The van der Waals surface area contributed by atoms with Crippen molar-refractivity contribution in [1.29, 1.82) is 0 Å². The summed E-state index contributed by atoms with van der Waals surface area (Å²) in [5.74, 6) is 0. The first-order valence-electron chi connectivity index (χ1n) is 12.1. The second-order valence-electron chi connectivity index (χ2n) is 11.1. The van der Waals surface area contributed by atoms with Crippen molar-refractivity contribution >= 4 is 38.7 Å². The zero-order chi connectivity index (χ0) is 31.1. The third-order valence-corrected chi connectivity index (χ3v) is 6.01. The number of sulfone groups is 1. The standard InChI is InChI=1S/C26H29F3N4O7S/c1-24(2,3)39-22(35)33(23(36)40-25(4,5)6)18-12-19(34)32(14-15-8-10-16(11-9-15)26(27,28)29)20-17(18)13-30-21(31-20)41(7,37)38/h8-13H,14H2,1-7H3. The fraction of sp³-hybridized carbons (Fsp3) is 0.423. The van der Waals surface area contributed by atoms with Crippen molar-refractivity contribution in [3.05, 3.63) is 58.0 Å². The molecule has 0 aliphatic rings. The third kappa shape index (κ3) is 7.80. The number of aromatic nitrogens is 3. The highest BCUT2D eigenvalue weighted by Crippen LogP contribution is 2.30. The molecule has 0 saturated heterocycles. The predicted molar refractivity (Wildman–Crippen MR) is 142 cm³/mol. The van der Waals surface area contributed by atoms with E-state index in [9.17, 15) is 36.0 Å². The van der Waals surface area contributed by atoms with Crippen LogP contribution in [0.5, 0.6) is 0 Å². The summed E-state index contributed by atoms with van der Waals surface area (Å²) in [5.41, 5.74) is -4.29. The Bertz CT molecular complexity index is 1630. The monoisotopic (exact) mass is 598 g/mol. The molecule has 0 spiro atoms. The first-order chi connectivity index (χ1) is 18.6. The Morgan fingerprint density at radius 3 is 1.90 bits per heavy atom. The molecule has 222 valence electrons. The van der Waals surface area contributed by atoms with E-state index < -0.39 is 55.7 Å². The van der Waals surface area contributed by atoms with Crippen LogP contribution in [0.15, 0.2) is 46.5 Å². The van der Waals surface area contributed by atoms with E-state index in [1.165, 1.54) is 0 Å². The molecule has 1 aromatic carbocycles. The van der Waals surface area contributed by atoms with Gasteiger partial charge >= 0.3 is 18.4 Å². The molecule has 0 aliphatic heterocycles. The highest BCUT2D eigenvalue weighted by atomic mass is 32.2. The molecule has 3 aromatic rings. The molecule has 15 heteroatoms. The Morgan fingerprint density at radius 1 is 0.951 bits per heavy atom. The van der Waals surface area contributed by atoms with E-state index in [1.807, 2.05) is 0 Å². The fourth-order valence-corrected chi connectivity index (χ4v) is 4.00. The van der Waals surface area contributed by atoms with Crippen molar-refractivity contribution < 1.29 is 40.7 Å². The number of imide groups is 1. The minimum atomic E-state index is -4.58. The number of benzene rings is 1. The second kappa shape index (κ2) is 10.8. The number of hydrogen-bond donors (Lipinski definition) is 0. The molecule has 2 heterocycles. The van der Waals surface area contributed by atoms with Gasteiger partial charge < -0.3 is 9.47 Å². The summed E-state index contributed by atoms with van der Waals surface area (Å²) in [6.45, 7) is 9.01. The molecule has 0 radical (unpaired) electrons. The molecule has 3 rings (SSSR count). The highest BCUT2D eigenvalue weighted by molar-refractivity contribution is 7.90. The Morgan fingerprint density at radius 2 is 1.46 bits per heavy atom. The largest absolute Gasteiger partial charge is 0.443 e. The van der Waals surface area contributed by atoms with Gasteiger partial charge in [-0.2, -0.15) is 23.1 Å². The number of anilines is 1. The van der Waals surface area contributed by atoms with Gasteiger partial charge in [-0.3, -0.25) is 9.36 Å². The van der Waals surface area contributed by atoms with Gasteiger partial charge in [0.25, 0.3) is 5.56 Å². The van der Waals surface area contributed by atoms with Crippen LogP contribution in [0, 0.1) is 0 Å². The van der Waals surface area contributed by atoms with Gasteiger partial charge in [0.05, 0.1) is 23.2 Å². The molecule has 41 heavy (non-hydrogen) atoms. The van der Waals surface area contributed by atoms with Crippen molar-refractivity contribution in [2.24, 2.45) is 0 Å². The molecule has 2 amide bonds. The first-order valence-corrected chi connectivity index (χ1v) is 14.0. The van der Waals surface area contributed by atoms with Gasteiger partial charge in [0.1, 0.15) is 16.8 Å². The van der Waals surface area contributed by atoms with Crippen LogP contribution in [-0.4, -0.2) is 52.6 Å². The van der Waals surface area contributed by atoms with Gasteiger partial charge in [0.2, 0.25) is 15.0 Å². The van der Waals surface area contributed by atoms with Gasteiger partial charge in [-0.05, 0) is 59.2 Å². The average molecular weight is 599 g/mol. The van der Waals surface area contributed by atoms with Crippen molar-refractivity contribution in [2.45, 2.75) is 70.6 Å². The number of carbonyl (C=O) groups is 2. The van der Waals surface area contributed by atoms with Crippen molar-refractivity contribution in [1.82, 2.24) is 14.5 Å². The Kier molecular flexibility index (Phi) is 8.27. The van der Waals surface area contributed by atoms with Crippen LogP contribution in [0.1, 0.15) is 52.7 Å². The molecular weight excluding hydrogens is 569 g/mol. The maximum atomic E-state index is 13.4. The summed E-state index contributed by atoms with van der Waals surface area (Å²) in [7, 11) is -3.99. The van der Waals surface area contributed by atoms with Crippen LogP contribution >= 0.6 is 0 Å². The molecule has 0 bridgehead atoms. The lowest BCUT2D eigenvalue weighted by Crippen LogP contribution is -2.44. The minimum Gasteiger partial charge on any atom is -0.443 e. The molecule has 0 unspecified atom stereocenters. The number of rotatable bonds is 4. The van der Waals surface area contributed by atoms with Gasteiger partial charge in [-0.1, -0.05) is 12.1 Å². The summed E-state index contributed by atoms with van der Waals surface area (Å²) in [5, 5.41) is -0.774. The van der Waals surface area contributed by atoms with Crippen molar-refractivity contribution in [2.75, 3.05) is 11.2 Å². The van der Waals surface area contributed by atoms with E-state index in [1.54, 1.807) is 41.5 Å². The van der Waals surface area contributed by atoms with Crippen LogP contribution in [0.2, 0.25) is 0 Å². The lowest BCUT2D eigenvalue weighted by Gasteiger charge is -2.29. The zero-order valence-corrected chi connectivity index (χ0v) is 24.2. The summed E-state index contributed by atoms with van der Waals surface area (Å²) < 4.78 is 75.3. The number of halogens is 3. The molecule has 11 nitrogen and oxygen atoms in total. The number of fused-ring (bicyclic) bond motifs is 1. The van der Waals surface area contributed by atoms with Crippen LogP contribution < -0.4 is 10.5 Å². The number of amides is 2. The smallest absolute Gasteiger partial charge is 0.424 e. The first kappa shape index (κ1) is 31.5. The molecular formula is C26H29F3N4O7S. The summed E-state index contributed by atoms with van der Waals surface area (Å²) in [4.78, 5) is 48.2. The molecule has 0 aliphatic carbocycles. The molecule has 0 fully saturated rings. The lowest BCUT2D eigenvalue weighted by molar-refractivity contribution is -0.137. The van der Waals surface area contributed by atoms with Crippen LogP contribution in [-0.2, 0) is 32.0 Å². The van der Waals surface area contributed by atoms with E-state index in [2.05, 4.69) is 9.97 Å². The maximum absolute atomic E-state index is 13.4. The number of alkyl halides is 3. The summed E-state index contributed by atoms with van der Waals surface area (Å²) >= 11 is 0. The quantitative estimate of drug-likeness (QED) is 0.382. The Hall–Kier alpha value is -4.01. The van der Waals surface area contributed by atoms with Gasteiger partial charge in [-0.25, -0.2) is 23.0 Å². The predicted octanol–water partition coefficient (Wildman–Crippen LogP) is 4.94. The van der Waals surface area contributed by atoms with E-state index in [0.717, 1.165) is 47.4 Å². The van der Waals surface area contributed by atoms with E-state index in [0.29, 0.717) is 4.90 Å². The SMILES string of the molecule is CC(C)(C)OC(=O)N(C(=O)OC(C)(C)C)c1cc(=O)n(Cc2ccc(C(F)(F)F)cc2)c2nc(S(C)(=O)=O)ncc12. The fourth-order valence-electron chi connectivity index (χ4n) is 3.51. The molecule has 0 saturated carbocycles. The number of ether oxygens (including phenoxy) is 2. The van der Waals surface area contributed by atoms with Gasteiger partial charge in [0, 0.05) is 18.5 Å². The maximum Gasteiger partial charge on any atom is 0.424 e. The Balaban J connectivity index is 2.30. The second-order valence-corrected chi connectivity index (χ2v) is 13.0. The molecule has 0 N–H and O–H groups in total. The number of carbonyl (C=O) groups excluding carboxylic acids is 2. The van der Waals surface area contributed by atoms with Crippen LogP contribution in [0.3, 0.4) is 0 Å². The zero-order valence-electron chi connectivity index (χ0n) is 23.4. The van der Waals surface area contributed by atoms with Crippen LogP contribution in [0.4, 0.5) is 28.4 Å². The minimum absolute atomic E-state index is 0.111. The number of hydrogen-bond acceptors (Lipinski definition) is 9. The normalized spacial score (nSPS) is 12.7. The molecule has 0 atom stereocenters. The van der Waals surface area contributed by atoms with E-state index in [-0.39, 0.29) is 28.8 Å². The van der Waals surface area contributed by atoms with E-state index >= 15 is 0 Å². The third-order valence-electron chi connectivity index (χ3n) is 5.15. The number of nitrogens with zero attached hydrogens (tertiary/aromatic N) is 4. The average Bonchev–Trinajstić information content (AvgIpc) is 2.78. The Labute approximate surface area is 233 Å². The lowest BCUT2D eigenvalue weighted by atomic mass is 10.1. The van der Waals surface area contributed by atoms with E-state index in [4.69, 9.17) is 9.47 Å². The topological polar surface area (TPSA) is 138 Å². The highest BCUT2D eigenvalue weighted by Gasteiger charge is 2.35. The van der Waals surface area contributed by atoms with Gasteiger partial charge in [0.15, 0.2) is 0 Å². The van der Waals surface area contributed by atoms with Crippen LogP contribution in [0.25, 0.3) is 11.0 Å².